The Balaban J connectivity index is 1.62. The molecule has 1 saturated carbocycles. The van der Waals surface area contributed by atoms with Gasteiger partial charge in [0.1, 0.15) is 5.82 Å². The van der Waals surface area contributed by atoms with E-state index in [4.69, 9.17) is 10.5 Å². The van der Waals surface area contributed by atoms with Crippen molar-refractivity contribution in [2.24, 2.45) is 17.6 Å². The average Bonchev–Trinajstić information content (AvgIpc) is 3.21. The molecule has 196 valence electrons. The molecular formula is C30H41FN2O3. The summed E-state index contributed by atoms with van der Waals surface area (Å²) in [5.41, 5.74) is 9.73. The Bertz CT molecular complexity index is 1020. The van der Waals surface area contributed by atoms with Gasteiger partial charge < -0.3 is 20.5 Å². The summed E-state index contributed by atoms with van der Waals surface area (Å²) in [5.74, 6) is 0.0993. The van der Waals surface area contributed by atoms with E-state index in [1.807, 2.05) is 36.1 Å². The monoisotopic (exact) mass is 496 g/mol. The molecule has 5 unspecified atom stereocenters. The van der Waals surface area contributed by atoms with E-state index < -0.39 is 6.10 Å². The summed E-state index contributed by atoms with van der Waals surface area (Å²) in [6, 6.07) is 13.2. The first-order valence-corrected chi connectivity index (χ1v) is 13.5. The van der Waals surface area contributed by atoms with Crippen LogP contribution >= 0.6 is 0 Å². The molecule has 2 fully saturated rings. The summed E-state index contributed by atoms with van der Waals surface area (Å²) >= 11 is 0. The number of hydrogen-bond donors (Lipinski definition) is 2. The number of likely N-dealkylation sites (tertiary alicyclic amines) is 1. The summed E-state index contributed by atoms with van der Waals surface area (Å²) in [7, 11) is 1.72. The molecule has 0 spiro atoms. The van der Waals surface area contributed by atoms with Crippen LogP contribution in [0.4, 0.5) is 4.39 Å². The van der Waals surface area contributed by atoms with E-state index in [0.717, 1.165) is 55.3 Å². The molecule has 0 bridgehead atoms. The van der Waals surface area contributed by atoms with Crippen LogP contribution in [-0.4, -0.2) is 54.9 Å². The first kappa shape index (κ1) is 26.8. The van der Waals surface area contributed by atoms with Gasteiger partial charge in [0, 0.05) is 44.3 Å². The lowest BCUT2D eigenvalue weighted by Gasteiger charge is -2.39. The van der Waals surface area contributed by atoms with E-state index in [1.165, 1.54) is 0 Å². The largest absolute Gasteiger partial charge is 0.391 e. The molecule has 3 N–H and O–H groups in total. The number of methoxy groups -OCH3 is 1. The van der Waals surface area contributed by atoms with Gasteiger partial charge in [-0.2, -0.15) is 0 Å². The average molecular weight is 497 g/mol. The van der Waals surface area contributed by atoms with E-state index >= 15 is 4.39 Å². The molecular weight excluding hydrogens is 455 g/mol. The van der Waals surface area contributed by atoms with Crippen molar-refractivity contribution in [1.29, 1.82) is 0 Å². The van der Waals surface area contributed by atoms with Gasteiger partial charge in [-0.05, 0) is 74.5 Å². The summed E-state index contributed by atoms with van der Waals surface area (Å²) in [6.07, 6.45) is 5.19. The Morgan fingerprint density at radius 3 is 2.75 bits per heavy atom. The van der Waals surface area contributed by atoms with Crippen molar-refractivity contribution in [3.63, 3.8) is 0 Å². The maximum absolute atomic E-state index is 15.4. The highest BCUT2D eigenvalue weighted by atomic mass is 19.1. The zero-order valence-corrected chi connectivity index (χ0v) is 21.7. The highest BCUT2D eigenvalue weighted by Gasteiger charge is 2.39. The van der Waals surface area contributed by atoms with Crippen LogP contribution in [0.1, 0.15) is 62.0 Å². The van der Waals surface area contributed by atoms with Gasteiger partial charge in [0.2, 0.25) is 5.91 Å². The fraction of sp³-hybridized carbons (Fsp3) is 0.567. The molecule has 2 aliphatic rings. The predicted molar refractivity (Wildman–Crippen MR) is 141 cm³/mol. The zero-order chi connectivity index (χ0) is 25.7. The van der Waals surface area contributed by atoms with Gasteiger partial charge in [0.15, 0.2) is 0 Å². The van der Waals surface area contributed by atoms with E-state index in [1.54, 1.807) is 13.2 Å². The minimum absolute atomic E-state index is 0.114. The second-order valence-electron chi connectivity index (χ2n) is 10.8. The molecule has 0 radical (unpaired) electrons. The van der Waals surface area contributed by atoms with Crippen LogP contribution in [0, 0.1) is 24.6 Å². The van der Waals surface area contributed by atoms with E-state index in [0.29, 0.717) is 31.6 Å². The zero-order valence-electron chi connectivity index (χ0n) is 21.7. The summed E-state index contributed by atoms with van der Waals surface area (Å²) in [6.45, 7) is 4.14. The number of ether oxygens (including phenoxy) is 1. The minimum atomic E-state index is -0.600. The molecule has 1 heterocycles. The lowest BCUT2D eigenvalue weighted by atomic mass is 9.75. The Morgan fingerprint density at radius 2 is 2.03 bits per heavy atom. The Kier molecular flexibility index (Phi) is 9.15. The number of unbranched alkanes of at least 4 members (excludes halogenated alkanes) is 1. The summed E-state index contributed by atoms with van der Waals surface area (Å²) in [5, 5.41) is 10.1. The molecule has 36 heavy (non-hydrogen) atoms. The first-order valence-electron chi connectivity index (χ1n) is 13.5. The number of nitrogens with zero attached hydrogens (tertiary/aromatic N) is 1. The molecule has 1 saturated heterocycles. The fourth-order valence-electron chi connectivity index (χ4n) is 6.26. The number of hydrogen-bond acceptors (Lipinski definition) is 4. The maximum atomic E-state index is 15.4. The third-order valence-corrected chi connectivity index (χ3v) is 8.13. The number of carbonyl (C=O) groups is 1. The number of aryl methyl sites for hydroxylation is 1. The molecule has 2 aromatic rings. The normalized spacial score (nSPS) is 25.2. The van der Waals surface area contributed by atoms with Gasteiger partial charge in [-0.3, -0.25) is 4.79 Å². The molecule has 1 amide bonds. The molecule has 6 heteroatoms. The number of benzene rings is 2. The Hall–Kier alpha value is -2.28. The standard InChI is InChI=1S/C30H41FN2O3/c1-20-8-5-9-21(16-20)29-25(12-6-13-26(29)31)24(11-3-4-15-36-2)22-10-7-14-33(19-22)30(35)23-17-27(32)28(34)18-23/h5-6,8-9,12-13,16,22-24,27-28,34H,3-4,7,10-11,14-15,17-19,32H2,1-2H3. The van der Waals surface area contributed by atoms with E-state index in [-0.39, 0.29) is 35.5 Å². The van der Waals surface area contributed by atoms with Gasteiger partial charge in [-0.15, -0.1) is 0 Å². The van der Waals surface area contributed by atoms with Crippen molar-refractivity contribution in [1.82, 2.24) is 4.90 Å². The van der Waals surface area contributed by atoms with Gasteiger partial charge in [-0.25, -0.2) is 4.39 Å². The molecule has 5 nitrogen and oxygen atoms in total. The maximum Gasteiger partial charge on any atom is 0.225 e. The number of amides is 1. The first-order chi connectivity index (χ1) is 17.4. The lowest BCUT2D eigenvalue weighted by molar-refractivity contribution is -0.137. The number of nitrogens with two attached hydrogens (primary N) is 1. The third-order valence-electron chi connectivity index (χ3n) is 8.13. The van der Waals surface area contributed by atoms with Crippen LogP contribution in [0.5, 0.6) is 0 Å². The van der Waals surface area contributed by atoms with Crippen molar-refractivity contribution >= 4 is 5.91 Å². The van der Waals surface area contributed by atoms with Crippen LogP contribution in [-0.2, 0) is 9.53 Å². The van der Waals surface area contributed by atoms with Gasteiger partial charge in [0.05, 0.1) is 6.10 Å². The van der Waals surface area contributed by atoms with Crippen molar-refractivity contribution < 1.29 is 19.0 Å². The van der Waals surface area contributed by atoms with Crippen molar-refractivity contribution in [2.75, 3.05) is 26.8 Å². The van der Waals surface area contributed by atoms with E-state index in [2.05, 4.69) is 12.1 Å². The van der Waals surface area contributed by atoms with Gasteiger partial charge in [0.25, 0.3) is 0 Å². The number of halogens is 1. The van der Waals surface area contributed by atoms with E-state index in [9.17, 15) is 9.90 Å². The molecule has 4 rings (SSSR count). The SMILES string of the molecule is COCCCCC(c1cccc(F)c1-c1cccc(C)c1)C1CCCN(C(=O)C2CC(N)C(O)C2)C1. The highest BCUT2D eigenvalue weighted by molar-refractivity contribution is 5.79. The topological polar surface area (TPSA) is 75.8 Å². The Labute approximate surface area is 214 Å². The number of aliphatic hydroxyl groups excluding tert-OH is 1. The number of carbonyl (C=O) groups excluding carboxylic acids is 1. The smallest absolute Gasteiger partial charge is 0.225 e. The molecule has 5 atom stereocenters. The third kappa shape index (κ3) is 6.16. The van der Waals surface area contributed by atoms with Gasteiger partial charge in [-0.1, -0.05) is 48.4 Å². The summed E-state index contributed by atoms with van der Waals surface area (Å²) < 4.78 is 20.7. The van der Waals surface area contributed by atoms with Crippen molar-refractivity contribution in [3.8, 4) is 11.1 Å². The molecule has 0 aromatic heterocycles. The second-order valence-corrected chi connectivity index (χ2v) is 10.8. The summed E-state index contributed by atoms with van der Waals surface area (Å²) in [4.78, 5) is 15.3. The molecule has 2 aromatic carbocycles. The fourth-order valence-corrected chi connectivity index (χ4v) is 6.26. The van der Waals surface area contributed by atoms with Crippen LogP contribution < -0.4 is 5.73 Å². The quantitative estimate of drug-likeness (QED) is 0.477. The van der Waals surface area contributed by atoms with Crippen LogP contribution in [0.15, 0.2) is 42.5 Å². The number of aliphatic hydroxyl groups is 1. The molecule has 1 aliphatic heterocycles. The van der Waals surface area contributed by atoms with Crippen LogP contribution in [0.2, 0.25) is 0 Å². The van der Waals surface area contributed by atoms with Crippen LogP contribution in [0.25, 0.3) is 11.1 Å². The predicted octanol–water partition coefficient (Wildman–Crippen LogP) is 5.04. The Morgan fingerprint density at radius 1 is 1.22 bits per heavy atom. The van der Waals surface area contributed by atoms with Crippen molar-refractivity contribution in [2.45, 2.75) is 69.9 Å². The van der Waals surface area contributed by atoms with Crippen LogP contribution in [0.3, 0.4) is 0 Å². The lowest BCUT2D eigenvalue weighted by Crippen LogP contribution is -2.44. The highest BCUT2D eigenvalue weighted by Crippen LogP contribution is 2.42. The second kappa shape index (κ2) is 12.3. The minimum Gasteiger partial charge on any atom is -0.391 e. The van der Waals surface area contributed by atoms with Gasteiger partial charge >= 0.3 is 0 Å². The number of piperidine rings is 1. The van der Waals surface area contributed by atoms with Crippen molar-refractivity contribution in [3.05, 3.63) is 59.4 Å². The number of rotatable bonds is 9. The molecule has 1 aliphatic carbocycles.